The van der Waals surface area contributed by atoms with E-state index in [0.29, 0.717) is 12.5 Å². The van der Waals surface area contributed by atoms with Crippen LogP contribution in [0.4, 0.5) is 0 Å². The standard InChI is InChI=1S/C16H25NO/c1-11(2)14(7-6-8-17)15-10-12(3)9-13(4)16(15)18-5/h7,9-11H,6,8,17H2,1-5H3/b14-7+. The molecule has 100 valence electrons. The van der Waals surface area contributed by atoms with E-state index in [-0.39, 0.29) is 0 Å². The molecule has 0 spiro atoms. The van der Waals surface area contributed by atoms with Gasteiger partial charge in [-0.05, 0) is 55.5 Å². The summed E-state index contributed by atoms with van der Waals surface area (Å²) in [7, 11) is 1.74. The number of benzene rings is 1. The van der Waals surface area contributed by atoms with Gasteiger partial charge in [0.1, 0.15) is 5.75 Å². The Bertz CT molecular complexity index is 433. The van der Waals surface area contributed by atoms with Crippen molar-refractivity contribution < 1.29 is 4.74 Å². The Kier molecular flexibility index (Phi) is 5.42. The topological polar surface area (TPSA) is 35.2 Å². The first-order chi connectivity index (χ1) is 8.51. The lowest BCUT2D eigenvalue weighted by molar-refractivity contribution is 0.410. The van der Waals surface area contributed by atoms with Gasteiger partial charge in [-0.15, -0.1) is 0 Å². The van der Waals surface area contributed by atoms with Gasteiger partial charge in [0.2, 0.25) is 0 Å². The zero-order valence-electron chi connectivity index (χ0n) is 12.2. The molecule has 0 heterocycles. The van der Waals surface area contributed by atoms with E-state index in [9.17, 15) is 0 Å². The summed E-state index contributed by atoms with van der Waals surface area (Å²) >= 11 is 0. The average Bonchev–Trinajstić information content (AvgIpc) is 2.28. The smallest absolute Gasteiger partial charge is 0.129 e. The van der Waals surface area contributed by atoms with Gasteiger partial charge in [0.25, 0.3) is 0 Å². The maximum absolute atomic E-state index is 5.61. The molecule has 1 aromatic carbocycles. The van der Waals surface area contributed by atoms with Crippen LogP contribution in [0.3, 0.4) is 0 Å². The van der Waals surface area contributed by atoms with Gasteiger partial charge >= 0.3 is 0 Å². The highest BCUT2D eigenvalue weighted by atomic mass is 16.5. The second-order valence-corrected chi connectivity index (χ2v) is 5.05. The number of rotatable bonds is 5. The molecule has 0 saturated heterocycles. The third-order valence-corrected chi connectivity index (χ3v) is 3.09. The van der Waals surface area contributed by atoms with Crippen LogP contribution in [-0.2, 0) is 0 Å². The minimum atomic E-state index is 0.464. The zero-order chi connectivity index (χ0) is 13.7. The van der Waals surface area contributed by atoms with Crippen molar-refractivity contribution in [2.75, 3.05) is 13.7 Å². The van der Waals surface area contributed by atoms with Crippen molar-refractivity contribution in [3.05, 3.63) is 34.9 Å². The van der Waals surface area contributed by atoms with Crippen molar-refractivity contribution in [3.8, 4) is 5.75 Å². The molecule has 0 aliphatic carbocycles. The maximum Gasteiger partial charge on any atom is 0.129 e. The molecule has 0 aromatic heterocycles. The van der Waals surface area contributed by atoms with E-state index in [4.69, 9.17) is 10.5 Å². The fraction of sp³-hybridized carbons (Fsp3) is 0.500. The summed E-state index contributed by atoms with van der Waals surface area (Å²) in [5, 5.41) is 0. The van der Waals surface area contributed by atoms with Crippen LogP contribution in [0.5, 0.6) is 5.75 Å². The number of allylic oxidation sites excluding steroid dienone is 1. The molecule has 0 bridgehead atoms. The normalized spacial score (nSPS) is 12.1. The Morgan fingerprint density at radius 2 is 2.00 bits per heavy atom. The first kappa shape index (κ1) is 14.8. The van der Waals surface area contributed by atoms with Crippen LogP contribution in [-0.4, -0.2) is 13.7 Å². The quantitative estimate of drug-likeness (QED) is 0.861. The van der Waals surface area contributed by atoms with Gasteiger partial charge in [0.15, 0.2) is 0 Å². The lowest BCUT2D eigenvalue weighted by Gasteiger charge is -2.18. The van der Waals surface area contributed by atoms with Crippen molar-refractivity contribution in [3.63, 3.8) is 0 Å². The molecular weight excluding hydrogens is 222 g/mol. The molecule has 0 fully saturated rings. The second kappa shape index (κ2) is 6.60. The van der Waals surface area contributed by atoms with Gasteiger partial charge in [-0.1, -0.05) is 26.0 Å². The first-order valence-corrected chi connectivity index (χ1v) is 6.57. The molecule has 1 rings (SSSR count). The van der Waals surface area contributed by atoms with E-state index in [1.165, 1.54) is 22.3 Å². The molecule has 0 atom stereocenters. The van der Waals surface area contributed by atoms with Gasteiger partial charge in [0, 0.05) is 5.56 Å². The monoisotopic (exact) mass is 247 g/mol. The van der Waals surface area contributed by atoms with Crippen LogP contribution in [0.25, 0.3) is 5.57 Å². The fourth-order valence-electron chi connectivity index (χ4n) is 2.34. The molecule has 2 N–H and O–H groups in total. The Balaban J connectivity index is 3.35. The summed E-state index contributed by atoms with van der Waals surface area (Å²) in [6.45, 7) is 9.31. The lowest BCUT2D eigenvalue weighted by atomic mass is 9.91. The van der Waals surface area contributed by atoms with E-state index in [2.05, 4.69) is 45.9 Å². The van der Waals surface area contributed by atoms with Crippen molar-refractivity contribution in [1.82, 2.24) is 0 Å². The average molecular weight is 247 g/mol. The minimum absolute atomic E-state index is 0.464. The van der Waals surface area contributed by atoms with Crippen LogP contribution in [0.1, 0.15) is 37.0 Å². The van der Waals surface area contributed by atoms with Crippen molar-refractivity contribution >= 4 is 5.57 Å². The van der Waals surface area contributed by atoms with Crippen LogP contribution in [0, 0.1) is 19.8 Å². The fourth-order valence-corrected chi connectivity index (χ4v) is 2.34. The van der Waals surface area contributed by atoms with E-state index in [0.717, 1.165) is 12.2 Å². The molecule has 0 amide bonds. The van der Waals surface area contributed by atoms with Crippen LogP contribution in [0.15, 0.2) is 18.2 Å². The highest BCUT2D eigenvalue weighted by Crippen LogP contribution is 2.34. The van der Waals surface area contributed by atoms with Crippen molar-refractivity contribution in [1.29, 1.82) is 0 Å². The number of aryl methyl sites for hydroxylation is 2. The highest BCUT2D eigenvalue weighted by molar-refractivity contribution is 5.73. The third-order valence-electron chi connectivity index (χ3n) is 3.09. The second-order valence-electron chi connectivity index (χ2n) is 5.05. The summed E-state index contributed by atoms with van der Waals surface area (Å²) in [6.07, 6.45) is 3.14. The third kappa shape index (κ3) is 3.36. The Morgan fingerprint density at radius 1 is 1.33 bits per heavy atom. The van der Waals surface area contributed by atoms with Gasteiger partial charge in [-0.2, -0.15) is 0 Å². The van der Waals surface area contributed by atoms with Gasteiger partial charge in [-0.25, -0.2) is 0 Å². The van der Waals surface area contributed by atoms with Crippen molar-refractivity contribution in [2.24, 2.45) is 11.7 Å². The zero-order valence-corrected chi connectivity index (χ0v) is 12.2. The number of hydrogen-bond acceptors (Lipinski definition) is 2. The molecule has 2 heteroatoms. The molecule has 1 aromatic rings. The van der Waals surface area contributed by atoms with Gasteiger partial charge in [0.05, 0.1) is 7.11 Å². The number of nitrogens with two attached hydrogens (primary N) is 1. The minimum Gasteiger partial charge on any atom is -0.496 e. The SMILES string of the molecule is COc1c(C)cc(C)cc1/C(=C/CCN)C(C)C. The molecule has 2 nitrogen and oxygen atoms in total. The Hall–Kier alpha value is -1.28. The summed E-state index contributed by atoms with van der Waals surface area (Å²) in [5.41, 5.74) is 10.6. The van der Waals surface area contributed by atoms with Crippen LogP contribution in [0.2, 0.25) is 0 Å². The molecular formula is C16H25NO. The van der Waals surface area contributed by atoms with E-state index in [1.54, 1.807) is 7.11 Å². The summed E-state index contributed by atoms with van der Waals surface area (Å²) < 4.78 is 5.57. The predicted octanol–water partition coefficient (Wildman–Crippen LogP) is 3.70. The molecule has 0 aliphatic heterocycles. The van der Waals surface area contributed by atoms with Crippen molar-refractivity contribution in [2.45, 2.75) is 34.1 Å². The molecule has 18 heavy (non-hydrogen) atoms. The number of ether oxygens (including phenoxy) is 1. The molecule has 0 aliphatic rings. The predicted molar refractivity (Wildman–Crippen MR) is 79.0 cm³/mol. The van der Waals surface area contributed by atoms with Crippen LogP contribution < -0.4 is 10.5 Å². The maximum atomic E-state index is 5.61. The highest BCUT2D eigenvalue weighted by Gasteiger charge is 2.14. The largest absolute Gasteiger partial charge is 0.496 e. The van der Waals surface area contributed by atoms with Gasteiger partial charge < -0.3 is 10.5 Å². The Labute approximate surface area is 111 Å². The van der Waals surface area contributed by atoms with E-state index >= 15 is 0 Å². The van der Waals surface area contributed by atoms with E-state index in [1.807, 2.05) is 0 Å². The molecule has 0 radical (unpaired) electrons. The summed E-state index contributed by atoms with van der Waals surface area (Å²) in [5.74, 6) is 1.45. The first-order valence-electron chi connectivity index (χ1n) is 6.57. The van der Waals surface area contributed by atoms with Crippen LogP contribution >= 0.6 is 0 Å². The number of hydrogen-bond donors (Lipinski definition) is 1. The molecule has 0 unspecified atom stereocenters. The number of methoxy groups -OCH3 is 1. The molecule has 0 saturated carbocycles. The lowest BCUT2D eigenvalue weighted by Crippen LogP contribution is -2.02. The summed E-state index contributed by atoms with van der Waals surface area (Å²) in [6, 6.07) is 4.36. The van der Waals surface area contributed by atoms with Gasteiger partial charge in [-0.3, -0.25) is 0 Å². The van der Waals surface area contributed by atoms with E-state index < -0.39 is 0 Å². The summed E-state index contributed by atoms with van der Waals surface area (Å²) in [4.78, 5) is 0. The Morgan fingerprint density at radius 3 is 2.50 bits per heavy atom.